The monoisotopic (exact) mass is 945 g/mol. The molecule has 7 rings (SSSR count). The van der Waals surface area contributed by atoms with Gasteiger partial charge in [0.25, 0.3) is 0 Å². The third-order valence-electron chi connectivity index (χ3n) is 17.0. The van der Waals surface area contributed by atoms with E-state index in [2.05, 4.69) is 153 Å². The fraction of sp³-hybridized carbons (Fsp3) is 0.683. The second-order valence-electron chi connectivity index (χ2n) is 24.5. The Morgan fingerprint density at radius 2 is 1.00 bits per heavy atom. The van der Waals surface area contributed by atoms with Gasteiger partial charge >= 0.3 is 6.03 Å². The predicted molar refractivity (Wildman–Crippen MR) is 293 cm³/mol. The number of quaternary nitrogens is 2. The first-order chi connectivity index (χ1) is 33.1. The number of benzene rings is 3. The molecule has 6 nitrogen and oxygen atoms in total. The van der Waals surface area contributed by atoms with E-state index in [-0.39, 0.29) is 10.8 Å². The number of ether oxygens (including phenoxy) is 2. The van der Waals surface area contributed by atoms with Crippen LogP contribution >= 0.6 is 0 Å². The maximum Gasteiger partial charge on any atom is 0.704 e. The van der Waals surface area contributed by atoms with Crippen LogP contribution in [0.1, 0.15) is 219 Å². The second-order valence-corrected chi connectivity index (χ2v) is 24.5. The molecule has 3 aliphatic heterocycles. The molecule has 0 aromatic heterocycles. The Balaban J connectivity index is 1.34. The number of rotatable bonds is 25. The van der Waals surface area contributed by atoms with Crippen molar-refractivity contribution < 1.29 is 27.6 Å². The third kappa shape index (κ3) is 11.7. The van der Waals surface area contributed by atoms with Crippen LogP contribution in [0.5, 0.6) is 11.5 Å². The number of nitrogens with zero attached hydrogens (tertiary/aromatic N) is 4. The normalized spacial score (nSPS) is 19.9. The zero-order chi connectivity index (χ0) is 49.5. The Kier molecular flexibility index (Phi) is 17.7. The predicted octanol–water partition coefficient (Wildman–Crippen LogP) is 14.8. The van der Waals surface area contributed by atoms with Crippen LogP contribution in [0.15, 0.2) is 48.5 Å². The maximum atomic E-state index is 7.53. The van der Waals surface area contributed by atoms with Crippen LogP contribution in [-0.2, 0) is 23.7 Å². The molecule has 2 fully saturated rings. The zero-order valence-corrected chi connectivity index (χ0v) is 46.4. The summed E-state index contributed by atoms with van der Waals surface area (Å²) in [6.07, 6.45) is 27.3. The van der Waals surface area contributed by atoms with Crippen molar-refractivity contribution >= 4 is 12.4 Å². The van der Waals surface area contributed by atoms with Gasteiger partial charge in [-0.25, -0.2) is 0 Å². The molecular formula is C63H100N4O2+4. The summed E-state index contributed by atoms with van der Waals surface area (Å²) < 4.78 is 22.5. The minimum atomic E-state index is -1.05. The Bertz CT molecular complexity index is 2140. The molecule has 3 aromatic carbocycles. The van der Waals surface area contributed by atoms with Crippen molar-refractivity contribution in [2.24, 2.45) is 0 Å². The topological polar surface area (TPSA) is 24.5 Å². The van der Waals surface area contributed by atoms with E-state index in [1.54, 1.807) is 0 Å². The number of hydrogen-bond donors (Lipinski definition) is 0. The minimum absolute atomic E-state index is 0.0233. The van der Waals surface area contributed by atoms with Crippen molar-refractivity contribution in [1.29, 1.82) is 0 Å². The van der Waals surface area contributed by atoms with Gasteiger partial charge in [0.05, 0.1) is 63.5 Å². The lowest BCUT2D eigenvalue weighted by molar-refractivity contribution is -0.928. The van der Waals surface area contributed by atoms with Crippen molar-refractivity contribution in [3.8, 4) is 22.6 Å². The molecule has 3 atom stereocenters. The van der Waals surface area contributed by atoms with E-state index < -0.39 is 6.03 Å². The van der Waals surface area contributed by atoms with Gasteiger partial charge in [0.15, 0.2) is 23.9 Å². The first-order valence-electron chi connectivity index (χ1n) is 28.9. The first-order valence-corrected chi connectivity index (χ1v) is 28.9. The molecule has 3 unspecified atom stereocenters. The lowest BCUT2D eigenvalue weighted by atomic mass is 9.79. The molecule has 1 saturated carbocycles. The highest BCUT2D eigenvalue weighted by atomic mass is 16.7. The van der Waals surface area contributed by atoms with E-state index in [0.29, 0.717) is 12.1 Å². The SMILES string of the molecule is CCCC[N+](CCCC)(CCCC)CCc1cccc(CC[N+](CCCC)(CCCC)CCCC)c1-c1ccc2c(c1)C=[N+]1C3CCCCC3[N+]3=Cc4cc(C(C)(C)C)cc(C(C)(C)C)c4OC13O2. The Morgan fingerprint density at radius 1 is 0.536 bits per heavy atom. The van der Waals surface area contributed by atoms with Gasteiger partial charge < -0.3 is 18.4 Å². The van der Waals surface area contributed by atoms with Gasteiger partial charge in [-0.05, 0) is 108 Å². The van der Waals surface area contributed by atoms with E-state index >= 15 is 0 Å². The third-order valence-corrected chi connectivity index (χ3v) is 17.0. The van der Waals surface area contributed by atoms with Crippen LogP contribution in [0.4, 0.5) is 0 Å². The van der Waals surface area contributed by atoms with Crippen molar-refractivity contribution in [1.82, 2.24) is 0 Å². The van der Waals surface area contributed by atoms with Gasteiger partial charge in [0.2, 0.25) is 12.1 Å². The number of unbranched alkanes of at least 4 members (excludes halogenated alkanes) is 6. The largest absolute Gasteiger partial charge is 0.704 e. The lowest BCUT2D eigenvalue weighted by Gasteiger charge is -2.40. The van der Waals surface area contributed by atoms with Gasteiger partial charge in [0, 0.05) is 31.2 Å². The fourth-order valence-corrected chi connectivity index (χ4v) is 12.7. The second kappa shape index (κ2) is 22.9. The molecule has 1 spiro atoms. The summed E-state index contributed by atoms with van der Waals surface area (Å²) in [5, 5.41) is 0. The summed E-state index contributed by atoms with van der Waals surface area (Å²) in [6, 6.07) is 19.0. The molecule has 1 aliphatic carbocycles. The summed E-state index contributed by atoms with van der Waals surface area (Å²) in [6.45, 7) is 38.5. The molecule has 4 aliphatic rings. The summed E-state index contributed by atoms with van der Waals surface area (Å²) in [5.41, 5.74) is 10.8. The molecule has 380 valence electrons. The zero-order valence-electron chi connectivity index (χ0n) is 46.4. The highest BCUT2D eigenvalue weighted by Crippen LogP contribution is 2.48. The van der Waals surface area contributed by atoms with Crippen LogP contribution in [0.25, 0.3) is 11.1 Å². The van der Waals surface area contributed by atoms with Crippen LogP contribution in [-0.4, -0.2) is 101 Å². The van der Waals surface area contributed by atoms with E-state index in [4.69, 9.17) is 9.47 Å². The Hall–Kier alpha value is -3.48. The smallest absolute Gasteiger partial charge is 0.341 e. The fourth-order valence-electron chi connectivity index (χ4n) is 12.7. The van der Waals surface area contributed by atoms with Gasteiger partial charge in [-0.1, -0.05) is 161 Å². The number of hydrogen-bond acceptors (Lipinski definition) is 2. The molecule has 0 bridgehead atoms. The molecule has 69 heavy (non-hydrogen) atoms. The minimum Gasteiger partial charge on any atom is -0.341 e. The van der Waals surface area contributed by atoms with E-state index in [0.717, 1.165) is 37.2 Å². The summed E-state index contributed by atoms with van der Waals surface area (Å²) in [4.78, 5) is 0. The summed E-state index contributed by atoms with van der Waals surface area (Å²) >= 11 is 0. The molecular weight excluding hydrogens is 845 g/mol. The maximum absolute atomic E-state index is 7.53. The van der Waals surface area contributed by atoms with Gasteiger partial charge in [-0.15, -0.1) is 0 Å². The summed E-state index contributed by atoms with van der Waals surface area (Å²) in [5.74, 6) is 1.89. The molecule has 6 heteroatoms. The van der Waals surface area contributed by atoms with Crippen LogP contribution < -0.4 is 9.47 Å². The Labute approximate surface area is 422 Å². The molecule has 1 saturated heterocycles. The molecule has 3 aromatic rings. The van der Waals surface area contributed by atoms with Crippen molar-refractivity contribution in [3.05, 3.63) is 81.9 Å². The first kappa shape index (κ1) is 53.3. The van der Waals surface area contributed by atoms with E-state index in [1.165, 1.54) is 196 Å². The molecule has 0 radical (unpaired) electrons. The van der Waals surface area contributed by atoms with Crippen LogP contribution in [0.2, 0.25) is 0 Å². The van der Waals surface area contributed by atoms with Gasteiger partial charge in [0.1, 0.15) is 0 Å². The van der Waals surface area contributed by atoms with Crippen LogP contribution in [0.3, 0.4) is 0 Å². The van der Waals surface area contributed by atoms with Gasteiger partial charge in [-0.2, -0.15) is 0 Å². The highest BCUT2D eigenvalue weighted by Gasteiger charge is 2.76. The quantitative estimate of drug-likeness (QED) is 0.0624. The standard InChI is InChI=1S/C63H100N4O2/c1-13-19-36-66(37-20-14-2,38-21-15-3)42-34-49-28-27-29-50(35-43-67(39-22-16-4,40-23-17-5)41-24-18-6)59(49)51-32-33-58-52(44-51)47-64-56-30-25-26-31-57(56)65-48-53-45-54(61(7,8)9)46-55(62(10,11)12)60(53)69-63(64,65)68-58/h27-29,32-33,44-48,56-57H,13-26,30-31,34-43H2,1-12H3/q+4. The average Bonchev–Trinajstić information content (AvgIpc) is 3.61. The average molecular weight is 946 g/mol. The molecule has 0 amide bonds. The van der Waals surface area contributed by atoms with Crippen LogP contribution in [0, 0.1) is 0 Å². The number of fused-ring (bicyclic) bond motifs is 5. The van der Waals surface area contributed by atoms with Crippen molar-refractivity contribution in [2.45, 2.75) is 228 Å². The van der Waals surface area contributed by atoms with E-state index in [1.807, 2.05) is 0 Å². The van der Waals surface area contributed by atoms with Gasteiger partial charge in [-0.3, -0.25) is 0 Å². The van der Waals surface area contributed by atoms with E-state index in [9.17, 15) is 0 Å². The molecule has 0 N–H and O–H groups in total. The Morgan fingerprint density at radius 3 is 1.43 bits per heavy atom. The lowest BCUT2D eigenvalue weighted by Crippen LogP contribution is -2.60. The van der Waals surface area contributed by atoms with Crippen molar-refractivity contribution in [3.63, 3.8) is 0 Å². The van der Waals surface area contributed by atoms with Crippen molar-refractivity contribution in [2.75, 3.05) is 52.4 Å². The summed E-state index contributed by atoms with van der Waals surface area (Å²) in [7, 11) is 0. The highest BCUT2D eigenvalue weighted by molar-refractivity contribution is 5.86. The molecule has 3 heterocycles.